The van der Waals surface area contributed by atoms with E-state index in [0.29, 0.717) is 12.4 Å². The maximum Gasteiger partial charge on any atom is 0.163 e. The molecule has 0 saturated heterocycles. The van der Waals surface area contributed by atoms with Gasteiger partial charge in [0, 0.05) is 19.2 Å². The number of benzene rings is 1. The first-order valence-corrected chi connectivity index (χ1v) is 6.79. The first-order valence-electron chi connectivity index (χ1n) is 6.79. The number of nitrogens with two attached hydrogens (primary N) is 1. The number of hydrogen-bond donors (Lipinski definition) is 1. The molecule has 0 bridgehead atoms. The molecule has 0 aliphatic carbocycles. The van der Waals surface area contributed by atoms with E-state index in [-0.39, 0.29) is 0 Å². The lowest BCUT2D eigenvalue weighted by Gasteiger charge is -2.02. The molecule has 6 nitrogen and oxygen atoms in total. The number of fused-ring (bicyclic) bond motifs is 1. The van der Waals surface area contributed by atoms with E-state index in [2.05, 4.69) is 15.1 Å². The Labute approximate surface area is 122 Å². The molecular formula is C15H17N5O. The number of nitrogen functional groups attached to an aromatic ring is 1. The van der Waals surface area contributed by atoms with Crippen LogP contribution in [0.15, 0.2) is 30.6 Å². The zero-order chi connectivity index (χ0) is 14.8. The van der Waals surface area contributed by atoms with Crippen LogP contribution in [-0.2, 0) is 17.9 Å². The Morgan fingerprint density at radius 1 is 1.19 bits per heavy atom. The van der Waals surface area contributed by atoms with E-state index in [0.717, 1.165) is 34.4 Å². The number of methoxy groups -OCH3 is 1. The number of rotatable bonds is 4. The molecule has 6 heteroatoms. The van der Waals surface area contributed by atoms with Crippen LogP contribution in [-0.4, -0.2) is 26.9 Å². The highest BCUT2D eigenvalue weighted by Crippen LogP contribution is 2.30. The fourth-order valence-electron chi connectivity index (χ4n) is 2.38. The van der Waals surface area contributed by atoms with Crippen LogP contribution >= 0.6 is 0 Å². The van der Waals surface area contributed by atoms with Gasteiger partial charge in [0.1, 0.15) is 17.8 Å². The SMILES string of the molecule is CCn1nc(-c2ccc(COC)cc2)c2c(N)ncnc21. The van der Waals surface area contributed by atoms with Gasteiger partial charge in [0.2, 0.25) is 0 Å². The smallest absolute Gasteiger partial charge is 0.163 e. The van der Waals surface area contributed by atoms with Crippen molar-refractivity contribution in [3.8, 4) is 11.3 Å². The van der Waals surface area contributed by atoms with E-state index in [1.165, 1.54) is 6.33 Å². The highest BCUT2D eigenvalue weighted by Gasteiger charge is 2.15. The second-order valence-electron chi connectivity index (χ2n) is 4.75. The maximum absolute atomic E-state index is 6.02. The van der Waals surface area contributed by atoms with Crippen molar-refractivity contribution in [1.82, 2.24) is 19.7 Å². The van der Waals surface area contributed by atoms with Crippen molar-refractivity contribution in [2.24, 2.45) is 0 Å². The molecule has 0 atom stereocenters. The van der Waals surface area contributed by atoms with Crippen LogP contribution in [0.4, 0.5) is 5.82 Å². The fourth-order valence-corrected chi connectivity index (χ4v) is 2.38. The summed E-state index contributed by atoms with van der Waals surface area (Å²) in [6.45, 7) is 3.35. The van der Waals surface area contributed by atoms with E-state index >= 15 is 0 Å². The van der Waals surface area contributed by atoms with Crippen molar-refractivity contribution < 1.29 is 4.74 Å². The van der Waals surface area contributed by atoms with Crippen molar-refractivity contribution >= 4 is 16.9 Å². The highest BCUT2D eigenvalue weighted by molar-refractivity contribution is 5.98. The summed E-state index contributed by atoms with van der Waals surface area (Å²) in [5, 5.41) is 5.42. The van der Waals surface area contributed by atoms with E-state index in [1.54, 1.807) is 7.11 Å². The molecular weight excluding hydrogens is 266 g/mol. The number of aryl methyl sites for hydroxylation is 1. The average Bonchev–Trinajstić information content (AvgIpc) is 2.89. The molecule has 0 radical (unpaired) electrons. The first-order chi connectivity index (χ1) is 10.2. The van der Waals surface area contributed by atoms with Crippen LogP contribution in [0.1, 0.15) is 12.5 Å². The molecule has 3 aromatic rings. The molecule has 2 heterocycles. The summed E-state index contributed by atoms with van der Waals surface area (Å²) in [5.41, 5.74) is 9.70. The van der Waals surface area contributed by atoms with Crippen LogP contribution in [0.5, 0.6) is 0 Å². The predicted molar refractivity (Wildman–Crippen MR) is 81.6 cm³/mol. The minimum Gasteiger partial charge on any atom is -0.383 e. The molecule has 0 aliphatic heterocycles. The van der Waals surface area contributed by atoms with E-state index < -0.39 is 0 Å². The van der Waals surface area contributed by atoms with Gasteiger partial charge >= 0.3 is 0 Å². The lowest BCUT2D eigenvalue weighted by molar-refractivity contribution is 0.185. The summed E-state index contributed by atoms with van der Waals surface area (Å²) in [6, 6.07) is 8.08. The Morgan fingerprint density at radius 2 is 1.95 bits per heavy atom. The largest absolute Gasteiger partial charge is 0.383 e. The minimum absolute atomic E-state index is 0.454. The first kappa shape index (κ1) is 13.5. The number of ether oxygens (including phenoxy) is 1. The van der Waals surface area contributed by atoms with Crippen LogP contribution in [0.25, 0.3) is 22.3 Å². The van der Waals surface area contributed by atoms with Crippen LogP contribution in [0, 0.1) is 0 Å². The van der Waals surface area contributed by atoms with Crippen molar-refractivity contribution in [2.45, 2.75) is 20.1 Å². The van der Waals surface area contributed by atoms with E-state index in [9.17, 15) is 0 Å². The maximum atomic E-state index is 6.02. The zero-order valence-corrected chi connectivity index (χ0v) is 12.1. The Balaban J connectivity index is 2.15. The van der Waals surface area contributed by atoms with Crippen molar-refractivity contribution in [1.29, 1.82) is 0 Å². The van der Waals surface area contributed by atoms with Gasteiger partial charge in [-0.1, -0.05) is 24.3 Å². The summed E-state index contributed by atoms with van der Waals surface area (Å²) < 4.78 is 6.96. The quantitative estimate of drug-likeness (QED) is 0.794. The molecule has 2 N–H and O–H groups in total. The molecule has 3 rings (SSSR count). The van der Waals surface area contributed by atoms with Gasteiger partial charge in [-0.05, 0) is 12.5 Å². The summed E-state index contributed by atoms with van der Waals surface area (Å²) in [4.78, 5) is 8.38. The third-order valence-electron chi connectivity index (χ3n) is 3.40. The fraction of sp³-hybridized carbons (Fsp3) is 0.267. The average molecular weight is 283 g/mol. The topological polar surface area (TPSA) is 78.9 Å². The van der Waals surface area contributed by atoms with Gasteiger partial charge in [-0.15, -0.1) is 0 Å². The second-order valence-corrected chi connectivity index (χ2v) is 4.75. The van der Waals surface area contributed by atoms with Crippen molar-refractivity contribution in [3.05, 3.63) is 36.2 Å². The summed E-state index contributed by atoms with van der Waals surface area (Å²) in [7, 11) is 1.68. The Hall–Kier alpha value is -2.47. The van der Waals surface area contributed by atoms with Gasteiger partial charge in [0.05, 0.1) is 12.0 Å². The van der Waals surface area contributed by atoms with Crippen LogP contribution in [0.2, 0.25) is 0 Å². The molecule has 108 valence electrons. The predicted octanol–water partition coefficient (Wildman–Crippen LogP) is 2.24. The van der Waals surface area contributed by atoms with Gasteiger partial charge in [0.25, 0.3) is 0 Å². The third-order valence-corrected chi connectivity index (χ3v) is 3.40. The zero-order valence-electron chi connectivity index (χ0n) is 12.1. The number of aromatic nitrogens is 4. The van der Waals surface area contributed by atoms with Gasteiger partial charge < -0.3 is 10.5 Å². The molecule has 0 amide bonds. The van der Waals surface area contributed by atoms with E-state index in [4.69, 9.17) is 10.5 Å². The van der Waals surface area contributed by atoms with Gasteiger partial charge in [-0.3, -0.25) is 0 Å². The standard InChI is InChI=1S/C15H17N5O/c1-3-20-15-12(14(16)17-9-18-15)13(19-20)11-6-4-10(5-7-11)8-21-2/h4-7,9H,3,8H2,1-2H3,(H2,16,17,18). The number of anilines is 1. The Bertz CT molecular complexity index is 764. The monoisotopic (exact) mass is 283 g/mol. The van der Waals surface area contributed by atoms with E-state index in [1.807, 2.05) is 35.9 Å². The van der Waals surface area contributed by atoms with Gasteiger partial charge in [-0.2, -0.15) is 5.10 Å². The van der Waals surface area contributed by atoms with Crippen molar-refractivity contribution in [3.63, 3.8) is 0 Å². The van der Waals surface area contributed by atoms with Crippen molar-refractivity contribution in [2.75, 3.05) is 12.8 Å². The number of hydrogen-bond acceptors (Lipinski definition) is 5. The molecule has 0 fully saturated rings. The molecule has 0 aliphatic rings. The van der Waals surface area contributed by atoms with Crippen LogP contribution in [0.3, 0.4) is 0 Å². The molecule has 0 saturated carbocycles. The number of nitrogens with zero attached hydrogens (tertiary/aromatic N) is 4. The summed E-state index contributed by atoms with van der Waals surface area (Å²) in [5.74, 6) is 0.454. The lowest BCUT2D eigenvalue weighted by Crippen LogP contribution is -1.98. The van der Waals surface area contributed by atoms with Gasteiger partial charge in [0.15, 0.2) is 5.65 Å². The Kier molecular flexibility index (Phi) is 3.53. The molecule has 21 heavy (non-hydrogen) atoms. The summed E-state index contributed by atoms with van der Waals surface area (Å²) >= 11 is 0. The lowest BCUT2D eigenvalue weighted by atomic mass is 10.1. The third kappa shape index (κ3) is 2.34. The normalized spacial score (nSPS) is 11.1. The molecule has 1 aromatic carbocycles. The molecule has 2 aromatic heterocycles. The van der Waals surface area contributed by atoms with Crippen LogP contribution < -0.4 is 5.73 Å². The highest BCUT2D eigenvalue weighted by atomic mass is 16.5. The molecule has 0 spiro atoms. The second kappa shape index (κ2) is 5.49. The minimum atomic E-state index is 0.454. The summed E-state index contributed by atoms with van der Waals surface area (Å²) in [6.07, 6.45) is 1.47. The molecule has 0 unspecified atom stereocenters. The Morgan fingerprint density at radius 3 is 2.62 bits per heavy atom. The van der Waals surface area contributed by atoms with Gasteiger partial charge in [-0.25, -0.2) is 14.6 Å².